The molecule has 0 aromatic heterocycles. The van der Waals surface area contributed by atoms with Crippen molar-refractivity contribution in [3.8, 4) is 0 Å². The molecule has 0 saturated heterocycles. The fourth-order valence-electron chi connectivity index (χ4n) is 0.616. The van der Waals surface area contributed by atoms with Gasteiger partial charge in [-0.25, -0.2) is 4.79 Å². The van der Waals surface area contributed by atoms with Gasteiger partial charge >= 0.3 is 6.16 Å². The second kappa shape index (κ2) is 5.97. The molecular weight excluding hydrogens is 148 g/mol. The number of hydrogen-bond donors (Lipinski definition) is 0. The van der Waals surface area contributed by atoms with Gasteiger partial charge in [-0.05, 0) is 0 Å². The standard InChI is InChI=1S/C7H14O4/c1-4-5-6(9-2)11-7(8)10-3/h6H,4-5H2,1-3H3. The summed E-state index contributed by atoms with van der Waals surface area (Å²) in [6, 6.07) is 0. The van der Waals surface area contributed by atoms with Crippen LogP contribution in [0.1, 0.15) is 19.8 Å². The fraction of sp³-hybridized carbons (Fsp3) is 0.857. The molecule has 0 N–H and O–H groups in total. The predicted molar refractivity (Wildman–Crippen MR) is 39.2 cm³/mol. The molecule has 0 bridgehead atoms. The highest BCUT2D eigenvalue weighted by Crippen LogP contribution is 2.03. The maximum atomic E-state index is 10.5. The van der Waals surface area contributed by atoms with Crippen LogP contribution in [0.15, 0.2) is 0 Å². The first-order chi connectivity index (χ1) is 5.24. The van der Waals surface area contributed by atoms with E-state index in [1.54, 1.807) is 0 Å². The van der Waals surface area contributed by atoms with Crippen LogP contribution in [0.5, 0.6) is 0 Å². The molecule has 0 aromatic rings. The highest BCUT2D eigenvalue weighted by Gasteiger charge is 2.11. The van der Waals surface area contributed by atoms with Gasteiger partial charge < -0.3 is 14.2 Å². The summed E-state index contributed by atoms with van der Waals surface area (Å²) in [6.45, 7) is 1.98. The Hall–Kier alpha value is -0.770. The van der Waals surface area contributed by atoms with E-state index in [4.69, 9.17) is 9.47 Å². The van der Waals surface area contributed by atoms with Crippen molar-refractivity contribution in [3.05, 3.63) is 0 Å². The molecule has 1 unspecified atom stereocenters. The number of methoxy groups -OCH3 is 2. The van der Waals surface area contributed by atoms with E-state index in [0.29, 0.717) is 6.42 Å². The zero-order valence-corrected chi connectivity index (χ0v) is 7.12. The molecule has 11 heavy (non-hydrogen) atoms. The van der Waals surface area contributed by atoms with E-state index < -0.39 is 12.4 Å². The zero-order valence-electron chi connectivity index (χ0n) is 7.12. The van der Waals surface area contributed by atoms with E-state index in [9.17, 15) is 4.79 Å². The SMILES string of the molecule is CCCC(OC)OC(=O)OC. The van der Waals surface area contributed by atoms with Gasteiger partial charge in [0.1, 0.15) is 0 Å². The molecule has 4 heteroatoms. The summed E-state index contributed by atoms with van der Waals surface area (Å²) in [5.74, 6) is 0. The van der Waals surface area contributed by atoms with E-state index in [2.05, 4.69) is 4.74 Å². The van der Waals surface area contributed by atoms with Crippen molar-refractivity contribution in [1.29, 1.82) is 0 Å². The van der Waals surface area contributed by atoms with Crippen LogP contribution >= 0.6 is 0 Å². The first-order valence-electron chi connectivity index (χ1n) is 3.52. The lowest BCUT2D eigenvalue weighted by atomic mass is 10.3. The quantitative estimate of drug-likeness (QED) is 0.464. The van der Waals surface area contributed by atoms with Gasteiger partial charge in [-0.3, -0.25) is 0 Å². The normalized spacial score (nSPS) is 12.3. The first-order valence-corrected chi connectivity index (χ1v) is 3.52. The predicted octanol–water partition coefficient (Wildman–Crippen LogP) is 1.54. The van der Waals surface area contributed by atoms with Gasteiger partial charge in [-0.1, -0.05) is 13.3 Å². The minimum atomic E-state index is -0.703. The Labute approximate surface area is 66.4 Å². The van der Waals surface area contributed by atoms with Gasteiger partial charge in [0, 0.05) is 13.5 Å². The van der Waals surface area contributed by atoms with Gasteiger partial charge in [-0.2, -0.15) is 0 Å². The van der Waals surface area contributed by atoms with E-state index in [1.807, 2.05) is 6.92 Å². The highest BCUT2D eigenvalue weighted by molar-refractivity contribution is 5.59. The molecule has 0 heterocycles. The molecule has 0 aliphatic rings. The summed E-state index contributed by atoms with van der Waals surface area (Å²) in [5, 5.41) is 0. The average molecular weight is 162 g/mol. The Morgan fingerprint density at radius 2 is 2.09 bits per heavy atom. The van der Waals surface area contributed by atoms with E-state index in [1.165, 1.54) is 14.2 Å². The summed E-state index contributed by atoms with van der Waals surface area (Å²) >= 11 is 0. The van der Waals surface area contributed by atoms with Crippen LogP contribution in [0.25, 0.3) is 0 Å². The Morgan fingerprint density at radius 1 is 1.45 bits per heavy atom. The molecule has 1 atom stereocenters. The molecule has 0 radical (unpaired) electrons. The molecule has 0 aliphatic carbocycles. The number of carbonyl (C=O) groups is 1. The maximum Gasteiger partial charge on any atom is 0.510 e. The largest absolute Gasteiger partial charge is 0.510 e. The molecule has 0 aliphatic heterocycles. The van der Waals surface area contributed by atoms with Crippen LogP contribution in [0.4, 0.5) is 4.79 Å². The van der Waals surface area contributed by atoms with Crippen molar-refractivity contribution in [3.63, 3.8) is 0 Å². The lowest BCUT2D eigenvalue weighted by Crippen LogP contribution is -2.19. The average Bonchev–Trinajstić information content (AvgIpc) is 2.03. The lowest BCUT2D eigenvalue weighted by Gasteiger charge is -2.13. The molecule has 0 rings (SSSR count). The third-order valence-electron chi connectivity index (χ3n) is 1.18. The van der Waals surface area contributed by atoms with Crippen LogP contribution in [-0.2, 0) is 14.2 Å². The number of hydrogen-bond acceptors (Lipinski definition) is 4. The van der Waals surface area contributed by atoms with Crippen LogP contribution in [0, 0.1) is 0 Å². The van der Waals surface area contributed by atoms with Gasteiger partial charge in [-0.15, -0.1) is 0 Å². The summed E-state index contributed by atoms with van der Waals surface area (Å²) in [4.78, 5) is 10.5. The second-order valence-electron chi connectivity index (χ2n) is 2.03. The van der Waals surface area contributed by atoms with Crippen molar-refractivity contribution < 1.29 is 19.0 Å². The molecule has 0 fully saturated rings. The van der Waals surface area contributed by atoms with E-state index in [-0.39, 0.29) is 0 Å². The zero-order chi connectivity index (χ0) is 8.69. The third kappa shape index (κ3) is 4.61. The smallest absolute Gasteiger partial charge is 0.438 e. The number of carbonyl (C=O) groups excluding carboxylic acids is 1. The molecule has 4 nitrogen and oxygen atoms in total. The fourth-order valence-corrected chi connectivity index (χ4v) is 0.616. The summed E-state index contributed by atoms with van der Waals surface area (Å²) in [6.07, 6.45) is 0.402. The van der Waals surface area contributed by atoms with E-state index in [0.717, 1.165) is 6.42 Å². The highest BCUT2D eigenvalue weighted by atomic mass is 16.8. The van der Waals surface area contributed by atoms with Crippen molar-refractivity contribution in [2.45, 2.75) is 26.1 Å². The Morgan fingerprint density at radius 3 is 2.45 bits per heavy atom. The second-order valence-corrected chi connectivity index (χ2v) is 2.03. The van der Waals surface area contributed by atoms with Crippen LogP contribution in [0.3, 0.4) is 0 Å². The number of rotatable bonds is 4. The van der Waals surface area contributed by atoms with Crippen LogP contribution < -0.4 is 0 Å². The molecule has 0 saturated carbocycles. The van der Waals surface area contributed by atoms with Gasteiger partial charge in [0.15, 0.2) is 0 Å². The van der Waals surface area contributed by atoms with Crippen molar-refractivity contribution >= 4 is 6.16 Å². The molecule has 0 spiro atoms. The van der Waals surface area contributed by atoms with Crippen LogP contribution in [-0.4, -0.2) is 26.7 Å². The summed E-state index contributed by atoms with van der Waals surface area (Å²) in [5.41, 5.74) is 0. The summed E-state index contributed by atoms with van der Waals surface area (Å²) in [7, 11) is 2.75. The first kappa shape index (κ1) is 10.2. The van der Waals surface area contributed by atoms with Crippen molar-refractivity contribution in [2.75, 3.05) is 14.2 Å². The molecule has 66 valence electrons. The molecule has 0 amide bonds. The molecule has 0 aromatic carbocycles. The minimum absolute atomic E-state index is 0.479. The Bertz CT molecular complexity index is 113. The van der Waals surface area contributed by atoms with Crippen molar-refractivity contribution in [2.24, 2.45) is 0 Å². The Kier molecular flexibility index (Phi) is 5.56. The topological polar surface area (TPSA) is 44.8 Å². The Balaban J connectivity index is 3.58. The molecular formula is C7H14O4. The lowest BCUT2D eigenvalue weighted by molar-refractivity contribution is -0.103. The van der Waals surface area contributed by atoms with E-state index >= 15 is 0 Å². The third-order valence-corrected chi connectivity index (χ3v) is 1.18. The van der Waals surface area contributed by atoms with Gasteiger partial charge in [0.05, 0.1) is 7.11 Å². The monoisotopic (exact) mass is 162 g/mol. The summed E-state index contributed by atoms with van der Waals surface area (Å²) < 4.78 is 13.8. The van der Waals surface area contributed by atoms with Gasteiger partial charge in [0.25, 0.3) is 0 Å². The van der Waals surface area contributed by atoms with Gasteiger partial charge in [0.2, 0.25) is 6.29 Å². The minimum Gasteiger partial charge on any atom is -0.438 e. The van der Waals surface area contributed by atoms with Crippen molar-refractivity contribution in [1.82, 2.24) is 0 Å². The number of ether oxygens (including phenoxy) is 3. The maximum absolute atomic E-state index is 10.5. The van der Waals surface area contributed by atoms with Crippen LogP contribution in [0.2, 0.25) is 0 Å².